The van der Waals surface area contributed by atoms with Gasteiger partial charge in [0.1, 0.15) is 0 Å². The Hall–Kier alpha value is 0. The zero-order valence-electron chi connectivity index (χ0n) is 10.7. The van der Waals surface area contributed by atoms with Gasteiger partial charge in [-0.25, -0.2) is 0 Å². The molecule has 2 bridgehead atoms. The Bertz CT molecular complexity index is 231. The van der Waals surface area contributed by atoms with E-state index >= 15 is 0 Å². The maximum Gasteiger partial charge on any atom is -0.0295 e. The molecule has 0 aromatic rings. The molecule has 0 heteroatoms. The van der Waals surface area contributed by atoms with Crippen LogP contribution in [0, 0.1) is 34.5 Å². The zero-order chi connectivity index (χ0) is 10.7. The molecule has 0 amide bonds. The molecule has 0 spiro atoms. The molecule has 0 aromatic heterocycles. The van der Waals surface area contributed by atoms with E-state index in [1.807, 2.05) is 0 Å². The van der Waals surface area contributed by atoms with E-state index in [-0.39, 0.29) is 0 Å². The summed E-state index contributed by atoms with van der Waals surface area (Å²) in [4.78, 5) is 0. The Kier molecular flexibility index (Phi) is 2.08. The van der Waals surface area contributed by atoms with Gasteiger partial charge in [-0.15, -0.1) is 0 Å². The van der Waals surface area contributed by atoms with Crippen LogP contribution < -0.4 is 0 Å². The van der Waals surface area contributed by atoms with Crippen LogP contribution in [0.15, 0.2) is 0 Å². The molecule has 3 fully saturated rings. The molecule has 0 nitrogen and oxygen atoms in total. The molecular weight excluding hydrogens is 168 g/mol. The monoisotopic (exact) mass is 194 g/mol. The van der Waals surface area contributed by atoms with Crippen molar-refractivity contribution in [2.75, 3.05) is 0 Å². The van der Waals surface area contributed by atoms with Crippen molar-refractivity contribution in [2.24, 2.45) is 34.5 Å². The van der Waals surface area contributed by atoms with Crippen molar-refractivity contribution in [2.45, 2.75) is 54.4 Å². The van der Waals surface area contributed by atoms with E-state index < -0.39 is 0 Å². The summed E-state index contributed by atoms with van der Waals surface area (Å²) in [5.41, 5.74) is 1.17. The normalized spacial score (nSPS) is 45.9. The van der Waals surface area contributed by atoms with Gasteiger partial charge in [0.25, 0.3) is 0 Å². The Morgan fingerprint density at radius 1 is 1.07 bits per heavy atom. The highest BCUT2D eigenvalue weighted by Crippen LogP contribution is 2.65. The molecule has 0 aliphatic heterocycles. The predicted molar refractivity (Wildman–Crippen MR) is 62.1 cm³/mol. The summed E-state index contributed by atoms with van der Waals surface area (Å²) in [6.07, 6.45) is 2.99. The van der Waals surface area contributed by atoms with Gasteiger partial charge >= 0.3 is 0 Å². The van der Waals surface area contributed by atoms with Gasteiger partial charge in [-0.3, -0.25) is 0 Å². The lowest BCUT2D eigenvalue weighted by Gasteiger charge is -2.64. The lowest BCUT2D eigenvalue weighted by Crippen LogP contribution is -2.57. The second kappa shape index (κ2) is 2.77. The van der Waals surface area contributed by atoms with Gasteiger partial charge in [-0.05, 0) is 47.3 Å². The smallest absolute Gasteiger partial charge is 0.0295 e. The Morgan fingerprint density at radius 3 is 2.00 bits per heavy atom. The molecule has 2 unspecified atom stereocenters. The van der Waals surface area contributed by atoms with Crippen molar-refractivity contribution in [3.8, 4) is 0 Å². The largest absolute Gasteiger partial charge is 0.0619 e. The maximum atomic E-state index is 2.50. The van der Waals surface area contributed by atoms with Crippen LogP contribution in [-0.4, -0.2) is 0 Å². The summed E-state index contributed by atoms with van der Waals surface area (Å²) >= 11 is 0. The van der Waals surface area contributed by atoms with E-state index in [0.29, 0.717) is 10.8 Å². The molecule has 0 aromatic carbocycles. The fraction of sp³-hybridized carbons (Fsp3) is 1.00. The topological polar surface area (TPSA) is 0 Å². The fourth-order valence-electron chi connectivity index (χ4n) is 4.29. The number of fused-ring (bicyclic) bond motifs is 2. The molecular formula is C14H26. The first-order valence-corrected chi connectivity index (χ1v) is 6.24. The number of rotatable bonds is 0. The SMILES string of the molecule is C[C@@H]1C(C(C)(C)C)C[C@@H]2CC1C2(C)C. The molecule has 3 aliphatic rings. The van der Waals surface area contributed by atoms with Crippen LogP contribution in [0.3, 0.4) is 0 Å². The summed E-state index contributed by atoms with van der Waals surface area (Å²) in [5, 5.41) is 0. The molecule has 14 heavy (non-hydrogen) atoms. The third kappa shape index (κ3) is 1.26. The zero-order valence-corrected chi connectivity index (χ0v) is 10.7. The minimum atomic E-state index is 0.521. The van der Waals surface area contributed by atoms with Crippen LogP contribution in [0.1, 0.15) is 54.4 Å². The average molecular weight is 194 g/mol. The van der Waals surface area contributed by atoms with Crippen molar-refractivity contribution < 1.29 is 0 Å². The highest BCUT2D eigenvalue weighted by Gasteiger charge is 2.57. The van der Waals surface area contributed by atoms with Crippen LogP contribution >= 0.6 is 0 Å². The summed E-state index contributed by atoms with van der Waals surface area (Å²) in [5.74, 6) is 3.92. The predicted octanol–water partition coefficient (Wildman–Crippen LogP) is 4.35. The van der Waals surface area contributed by atoms with Crippen LogP contribution in [0.2, 0.25) is 0 Å². The van der Waals surface area contributed by atoms with Gasteiger partial charge in [-0.1, -0.05) is 41.5 Å². The van der Waals surface area contributed by atoms with Gasteiger partial charge in [0.2, 0.25) is 0 Å². The summed E-state index contributed by atoms with van der Waals surface area (Å²) in [7, 11) is 0. The van der Waals surface area contributed by atoms with Crippen LogP contribution in [0.25, 0.3) is 0 Å². The van der Waals surface area contributed by atoms with Gasteiger partial charge in [0.15, 0.2) is 0 Å². The third-order valence-corrected chi connectivity index (χ3v) is 5.47. The first-order chi connectivity index (χ1) is 6.24. The summed E-state index contributed by atoms with van der Waals surface area (Å²) in [6, 6.07) is 0. The van der Waals surface area contributed by atoms with Gasteiger partial charge < -0.3 is 0 Å². The Labute approximate surface area is 89.5 Å². The van der Waals surface area contributed by atoms with Crippen LogP contribution in [0.4, 0.5) is 0 Å². The number of hydrogen-bond donors (Lipinski definition) is 0. The molecule has 4 atom stereocenters. The van der Waals surface area contributed by atoms with E-state index in [9.17, 15) is 0 Å². The first kappa shape index (κ1) is 10.5. The molecule has 3 saturated carbocycles. The number of hydrogen-bond acceptors (Lipinski definition) is 0. The van der Waals surface area contributed by atoms with E-state index in [0.717, 1.165) is 23.7 Å². The van der Waals surface area contributed by atoms with Crippen molar-refractivity contribution in [1.29, 1.82) is 0 Å². The minimum absolute atomic E-state index is 0.521. The van der Waals surface area contributed by atoms with E-state index in [1.165, 1.54) is 12.8 Å². The summed E-state index contributed by atoms with van der Waals surface area (Å²) in [6.45, 7) is 14.7. The lowest BCUT2D eigenvalue weighted by molar-refractivity contribution is -0.150. The Balaban J connectivity index is 2.16. The fourth-order valence-corrected chi connectivity index (χ4v) is 4.29. The van der Waals surface area contributed by atoms with Gasteiger partial charge in [0.05, 0.1) is 0 Å². The van der Waals surface area contributed by atoms with Crippen LogP contribution in [0.5, 0.6) is 0 Å². The minimum Gasteiger partial charge on any atom is -0.0619 e. The molecule has 0 saturated heterocycles. The second-order valence-corrected chi connectivity index (χ2v) is 7.43. The lowest BCUT2D eigenvalue weighted by atomic mass is 9.41. The third-order valence-electron chi connectivity index (χ3n) is 5.47. The first-order valence-electron chi connectivity index (χ1n) is 6.24. The summed E-state index contributed by atoms with van der Waals surface area (Å²) < 4.78 is 0. The Morgan fingerprint density at radius 2 is 1.64 bits per heavy atom. The van der Waals surface area contributed by atoms with E-state index in [4.69, 9.17) is 0 Å². The molecule has 82 valence electrons. The van der Waals surface area contributed by atoms with E-state index in [1.54, 1.807) is 0 Å². The molecule has 0 heterocycles. The molecule has 0 radical (unpaired) electrons. The van der Waals surface area contributed by atoms with Crippen LogP contribution in [-0.2, 0) is 0 Å². The maximum absolute atomic E-state index is 2.50. The second-order valence-electron chi connectivity index (χ2n) is 7.43. The quantitative estimate of drug-likeness (QED) is 0.538. The van der Waals surface area contributed by atoms with Gasteiger partial charge in [0, 0.05) is 0 Å². The molecule has 3 rings (SSSR count). The van der Waals surface area contributed by atoms with Crippen molar-refractivity contribution in [3.05, 3.63) is 0 Å². The average Bonchev–Trinajstić information content (AvgIpc) is 2.01. The van der Waals surface area contributed by atoms with E-state index in [2.05, 4.69) is 41.5 Å². The highest BCUT2D eigenvalue weighted by molar-refractivity contribution is 5.06. The highest BCUT2D eigenvalue weighted by atomic mass is 14.6. The molecule has 3 aliphatic carbocycles. The van der Waals surface area contributed by atoms with Crippen molar-refractivity contribution >= 4 is 0 Å². The van der Waals surface area contributed by atoms with Crippen molar-refractivity contribution in [1.82, 2.24) is 0 Å². The standard InChI is InChI=1S/C14H26/c1-9-11(13(2,3)4)7-10-8-12(9)14(10,5)6/h9-12H,7-8H2,1-6H3/t9-,10-,11?,12?/m1/s1. The van der Waals surface area contributed by atoms with Gasteiger partial charge in [-0.2, -0.15) is 0 Å². The van der Waals surface area contributed by atoms with Crippen molar-refractivity contribution in [3.63, 3.8) is 0 Å². The molecule has 0 N–H and O–H groups in total.